The fraction of sp³-hybridized carbons (Fsp3) is 0. The Kier molecular flexibility index (Phi) is 1.37. The van der Waals surface area contributed by atoms with E-state index in [2.05, 4.69) is 6.58 Å². The first-order valence-electron chi connectivity index (χ1n) is 2.34. The molecule has 0 aliphatic carbocycles. The maximum absolute atomic E-state index is 4.83. The number of hydrogen-bond acceptors (Lipinski definition) is 1. The van der Waals surface area contributed by atoms with Crippen LogP contribution in [0.1, 0.15) is 0 Å². The molecule has 2 nitrogen and oxygen atoms in total. The SMILES string of the molecule is C=COn1cccc1. The van der Waals surface area contributed by atoms with Gasteiger partial charge in [-0.3, -0.25) is 0 Å². The van der Waals surface area contributed by atoms with E-state index < -0.39 is 0 Å². The lowest BCUT2D eigenvalue weighted by Crippen LogP contribution is -1.98. The number of nitrogens with zero attached hydrogens (tertiary/aromatic N) is 1. The van der Waals surface area contributed by atoms with E-state index in [1.54, 1.807) is 17.1 Å². The van der Waals surface area contributed by atoms with Crippen LogP contribution in [0, 0.1) is 0 Å². The van der Waals surface area contributed by atoms with E-state index in [1.807, 2.05) is 12.1 Å². The quantitative estimate of drug-likeness (QED) is 0.518. The van der Waals surface area contributed by atoms with E-state index in [9.17, 15) is 0 Å². The van der Waals surface area contributed by atoms with Crippen molar-refractivity contribution in [2.75, 3.05) is 0 Å². The zero-order valence-corrected chi connectivity index (χ0v) is 4.45. The molecule has 0 aliphatic heterocycles. The second kappa shape index (κ2) is 2.21. The molecule has 0 aliphatic rings. The topological polar surface area (TPSA) is 14.2 Å². The lowest BCUT2D eigenvalue weighted by Gasteiger charge is -1.95. The van der Waals surface area contributed by atoms with E-state index in [4.69, 9.17) is 4.84 Å². The summed E-state index contributed by atoms with van der Waals surface area (Å²) in [5.41, 5.74) is 0. The van der Waals surface area contributed by atoms with E-state index >= 15 is 0 Å². The number of aromatic nitrogens is 1. The summed E-state index contributed by atoms with van der Waals surface area (Å²) in [6, 6.07) is 3.76. The molecule has 1 heterocycles. The van der Waals surface area contributed by atoms with E-state index in [-0.39, 0.29) is 0 Å². The van der Waals surface area contributed by atoms with Crippen LogP contribution in [0.3, 0.4) is 0 Å². The summed E-state index contributed by atoms with van der Waals surface area (Å²) in [5, 5.41) is 0. The summed E-state index contributed by atoms with van der Waals surface area (Å²) in [4.78, 5) is 4.83. The van der Waals surface area contributed by atoms with Gasteiger partial charge in [0.15, 0.2) is 0 Å². The predicted octanol–water partition coefficient (Wildman–Crippen LogP) is 1.06. The second-order valence-electron chi connectivity index (χ2n) is 1.32. The molecule has 1 rings (SSSR count). The van der Waals surface area contributed by atoms with Crippen molar-refractivity contribution in [3.05, 3.63) is 37.4 Å². The Morgan fingerprint density at radius 2 is 2.00 bits per heavy atom. The first-order chi connectivity index (χ1) is 3.93. The summed E-state index contributed by atoms with van der Waals surface area (Å²) in [6.07, 6.45) is 4.96. The smallest absolute Gasteiger partial charge is 0.112 e. The maximum Gasteiger partial charge on any atom is 0.112 e. The average Bonchev–Trinajstić information content (AvgIpc) is 2.19. The molecule has 1 aromatic heterocycles. The van der Waals surface area contributed by atoms with Gasteiger partial charge in [0.2, 0.25) is 0 Å². The Labute approximate surface area is 48.0 Å². The molecule has 0 N–H and O–H groups in total. The first-order valence-corrected chi connectivity index (χ1v) is 2.34. The third-order valence-electron chi connectivity index (χ3n) is 0.773. The third kappa shape index (κ3) is 0.904. The van der Waals surface area contributed by atoms with Crippen LogP contribution in [0.25, 0.3) is 0 Å². The Morgan fingerprint density at radius 3 is 2.50 bits per heavy atom. The summed E-state index contributed by atoms with van der Waals surface area (Å²) < 4.78 is 1.56. The van der Waals surface area contributed by atoms with Crippen LogP contribution in [0.15, 0.2) is 37.4 Å². The Bertz CT molecular complexity index is 155. The molecule has 0 bridgehead atoms. The fourth-order valence-corrected chi connectivity index (χ4v) is 0.475. The van der Waals surface area contributed by atoms with Gasteiger partial charge in [0.25, 0.3) is 0 Å². The highest BCUT2D eigenvalue weighted by Crippen LogP contribution is 1.83. The molecule has 0 saturated heterocycles. The van der Waals surface area contributed by atoms with Gasteiger partial charge < -0.3 is 4.84 Å². The van der Waals surface area contributed by atoms with Gasteiger partial charge in [-0.2, -0.15) is 4.73 Å². The van der Waals surface area contributed by atoms with E-state index in [0.29, 0.717) is 0 Å². The van der Waals surface area contributed by atoms with Crippen LogP contribution < -0.4 is 4.84 Å². The van der Waals surface area contributed by atoms with Crippen molar-refractivity contribution in [1.29, 1.82) is 0 Å². The van der Waals surface area contributed by atoms with Crippen molar-refractivity contribution >= 4 is 0 Å². The zero-order chi connectivity index (χ0) is 5.82. The van der Waals surface area contributed by atoms with Crippen molar-refractivity contribution in [3.8, 4) is 0 Å². The van der Waals surface area contributed by atoms with Crippen molar-refractivity contribution in [1.82, 2.24) is 4.73 Å². The predicted molar refractivity (Wildman–Crippen MR) is 31.2 cm³/mol. The monoisotopic (exact) mass is 109 g/mol. The average molecular weight is 109 g/mol. The van der Waals surface area contributed by atoms with Gasteiger partial charge in [0.05, 0.1) is 0 Å². The van der Waals surface area contributed by atoms with Gasteiger partial charge in [0, 0.05) is 12.4 Å². The highest BCUT2D eigenvalue weighted by molar-refractivity contribution is 4.88. The molecule has 0 atom stereocenters. The molecule has 1 aromatic rings. The van der Waals surface area contributed by atoms with Crippen LogP contribution in [0.2, 0.25) is 0 Å². The maximum atomic E-state index is 4.83. The summed E-state index contributed by atoms with van der Waals surface area (Å²) in [6.45, 7) is 3.39. The largest absolute Gasteiger partial charge is 0.384 e. The van der Waals surface area contributed by atoms with Gasteiger partial charge in [0.1, 0.15) is 6.26 Å². The normalized spacial score (nSPS) is 8.50. The molecule has 0 aromatic carbocycles. The molecule has 0 radical (unpaired) electrons. The van der Waals surface area contributed by atoms with Crippen LogP contribution in [0.4, 0.5) is 0 Å². The number of hydrogen-bond donors (Lipinski definition) is 0. The Morgan fingerprint density at radius 1 is 1.38 bits per heavy atom. The van der Waals surface area contributed by atoms with E-state index in [0.717, 1.165) is 0 Å². The highest BCUT2D eigenvalue weighted by Gasteiger charge is 1.77. The molecule has 0 unspecified atom stereocenters. The molecular formula is C6H7NO. The summed E-state index contributed by atoms with van der Waals surface area (Å²) >= 11 is 0. The molecular weight excluding hydrogens is 102 g/mol. The molecule has 42 valence electrons. The van der Waals surface area contributed by atoms with Gasteiger partial charge in [-0.1, -0.05) is 6.58 Å². The van der Waals surface area contributed by atoms with E-state index in [1.165, 1.54) is 6.26 Å². The summed E-state index contributed by atoms with van der Waals surface area (Å²) in [5.74, 6) is 0. The van der Waals surface area contributed by atoms with Crippen LogP contribution in [-0.2, 0) is 0 Å². The van der Waals surface area contributed by atoms with Gasteiger partial charge >= 0.3 is 0 Å². The molecule has 2 heteroatoms. The Hall–Kier alpha value is -1.18. The molecule has 0 spiro atoms. The van der Waals surface area contributed by atoms with Gasteiger partial charge in [-0.05, 0) is 12.1 Å². The van der Waals surface area contributed by atoms with Crippen LogP contribution in [-0.4, -0.2) is 4.73 Å². The fourth-order valence-electron chi connectivity index (χ4n) is 0.475. The first kappa shape index (κ1) is 4.97. The molecule has 8 heavy (non-hydrogen) atoms. The van der Waals surface area contributed by atoms with Crippen LogP contribution in [0.5, 0.6) is 0 Å². The highest BCUT2D eigenvalue weighted by atomic mass is 16.6. The minimum atomic E-state index is 1.38. The van der Waals surface area contributed by atoms with Gasteiger partial charge in [-0.15, -0.1) is 0 Å². The van der Waals surface area contributed by atoms with Crippen molar-refractivity contribution in [2.24, 2.45) is 0 Å². The Balaban J connectivity index is 2.62. The lowest BCUT2D eigenvalue weighted by molar-refractivity contribution is 0.215. The molecule has 0 saturated carbocycles. The minimum absolute atomic E-state index is 1.38. The number of rotatable bonds is 2. The minimum Gasteiger partial charge on any atom is -0.384 e. The zero-order valence-electron chi connectivity index (χ0n) is 4.45. The van der Waals surface area contributed by atoms with Crippen molar-refractivity contribution < 1.29 is 4.84 Å². The van der Waals surface area contributed by atoms with Crippen molar-refractivity contribution in [3.63, 3.8) is 0 Å². The molecule has 0 amide bonds. The standard InChI is InChI=1S/C6H7NO/c1-2-8-7-5-3-4-6-7/h2-6H,1H2. The van der Waals surface area contributed by atoms with Crippen LogP contribution >= 0.6 is 0 Å². The third-order valence-corrected chi connectivity index (χ3v) is 0.773. The van der Waals surface area contributed by atoms with Crippen molar-refractivity contribution in [2.45, 2.75) is 0 Å². The summed E-state index contributed by atoms with van der Waals surface area (Å²) in [7, 11) is 0. The lowest BCUT2D eigenvalue weighted by atomic mass is 10.7. The molecule has 0 fully saturated rings. The second-order valence-corrected chi connectivity index (χ2v) is 1.32. The van der Waals surface area contributed by atoms with Gasteiger partial charge in [-0.25, -0.2) is 0 Å².